The molecule has 1 amide bonds. The predicted molar refractivity (Wildman–Crippen MR) is 155 cm³/mol. The molecule has 0 aromatic heterocycles. The van der Waals surface area contributed by atoms with Crippen LogP contribution in [0.4, 0.5) is 0 Å². The van der Waals surface area contributed by atoms with Crippen molar-refractivity contribution in [3.63, 3.8) is 0 Å². The first-order valence-electron chi connectivity index (χ1n) is 12.9. The summed E-state index contributed by atoms with van der Waals surface area (Å²) < 4.78 is 4.37. The number of aliphatic hydroxyl groups is 1. The second kappa shape index (κ2) is 14.6. The van der Waals surface area contributed by atoms with Gasteiger partial charge in [-0.2, -0.15) is 0 Å². The highest BCUT2D eigenvalue weighted by Gasteiger charge is 2.36. The number of carbonyl (C=O) groups excluding carboxylic acids is 2. The van der Waals surface area contributed by atoms with Gasteiger partial charge in [-0.15, -0.1) is 11.8 Å². The van der Waals surface area contributed by atoms with Gasteiger partial charge in [-0.1, -0.05) is 117 Å². The largest absolute Gasteiger partial charge is 0.467 e. The molecule has 2 atom stereocenters. The van der Waals surface area contributed by atoms with Gasteiger partial charge in [0.25, 0.3) is 0 Å². The zero-order valence-electron chi connectivity index (χ0n) is 22.2. The Morgan fingerprint density at radius 3 is 1.79 bits per heavy atom. The number of hydrogen-bond acceptors (Lipinski definition) is 5. The summed E-state index contributed by atoms with van der Waals surface area (Å²) in [6.45, 7) is 3.66. The summed E-state index contributed by atoms with van der Waals surface area (Å²) in [5, 5.41) is 13.1. The number of methoxy groups -OCH3 is 1. The SMILES string of the molecule is COC(=O)[C@H](NC(=O)CC(O)/C=C/CCSC(c1ccccc1)(c1ccccc1)c1ccccc1)C(C)C. The van der Waals surface area contributed by atoms with Crippen molar-refractivity contribution in [2.24, 2.45) is 5.92 Å². The summed E-state index contributed by atoms with van der Waals surface area (Å²) in [6.07, 6.45) is 3.22. The fourth-order valence-electron chi connectivity index (χ4n) is 4.42. The number of nitrogens with one attached hydrogen (secondary N) is 1. The molecule has 3 aromatic carbocycles. The molecule has 5 nitrogen and oxygen atoms in total. The first-order valence-corrected chi connectivity index (χ1v) is 13.9. The average molecular weight is 532 g/mol. The summed E-state index contributed by atoms with van der Waals surface area (Å²) in [4.78, 5) is 24.3. The van der Waals surface area contributed by atoms with Gasteiger partial charge in [-0.25, -0.2) is 4.79 Å². The summed E-state index contributed by atoms with van der Waals surface area (Å²) in [5.41, 5.74) is 3.61. The number of amides is 1. The monoisotopic (exact) mass is 531 g/mol. The lowest BCUT2D eigenvalue weighted by molar-refractivity contribution is -0.146. The van der Waals surface area contributed by atoms with Crippen molar-refractivity contribution in [2.75, 3.05) is 12.9 Å². The van der Waals surface area contributed by atoms with Crippen LogP contribution in [0.5, 0.6) is 0 Å². The van der Waals surface area contributed by atoms with E-state index >= 15 is 0 Å². The van der Waals surface area contributed by atoms with Crippen molar-refractivity contribution >= 4 is 23.6 Å². The third-order valence-corrected chi connectivity index (χ3v) is 7.92. The Morgan fingerprint density at radius 2 is 1.37 bits per heavy atom. The number of carbonyl (C=O) groups is 2. The van der Waals surface area contributed by atoms with Gasteiger partial charge in [0.2, 0.25) is 5.91 Å². The van der Waals surface area contributed by atoms with Gasteiger partial charge in [0, 0.05) is 0 Å². The first-order chi connectivity index (χ1) is 18.4. The summed E-state index contributed by atoms with van der Waals surface area (Å²) >= 11 is 1.85. The highest BCUT2D eigenvalue weighted by atomic mass is 32.2. The quantitative estimate of drug-likeness (QED) is 0.128. The molecule has 0 aliphatic heterocycles. The van der Waals surface area contributed by atoms with Crippen LogP contribution in [0, 0.1) is 5.92 Å². The molecule has 0 bridgehead atoms. The van der Waals surface area contributed by atoms with E-state index in [-0.39, 0.29) is 12.3 Å². The normalized spacial score (nSPS) is 13.3. The molecule has 3 rings (SSSR count). The number of allylic oxidation sites excluding steroid dienone is 1. The molecule has 0 spiro atoms. The predicted octanol–water partition coefficient (Wildman–Crippen LogP) is 5.72. The molecule has 2 N–H and O–H groups in total. The number of aliphatic hydroxyl groups excluding tert-OH is 1. The zero-order chi connectivity index (χ0) is 27.4. The van der Waals surface area contributed by atoms with E-state index in [4.69, 9.17) is 4.74 Å². The van der Waals surface area contributed by atoms with Crippen LogP contribution in [-0.2, 0) is 19.1 Å². The van der Waals surface area contributed by atoms with E-state index in [0.717, 1.165) is 5.75 Å². The highest BCUT2D eigenvalue weighted by Crippen LogP contribution is 2.48. The van der Waals surface area contributed by atoms with Crippen LogP contribution >= 0.6 is 11.8 Å². The van der Waals surface area contributed by atoms with Gasteiger partial charge in [-0.3, -0.25) is 4.79 Å². The van der Waals surface area contributed by atoms with Crippen LogP contribution in [0.15, 0.2) is 103 Å². The number of esters is 1. The number of benzene rings is 3. The van der Waals surface area contributed by atoms with Crippen LogP contribution in [0.2, 0.25) is 0 Å². The maximum absolute atomic E-state index is 12.4. The lowest BCUT2D eigenvalue weighted by Crippen LogP contribution is -2.45. The van der Waals surface area contributed by atoms with E-state index in [2.05, 4.69) is 78.1 Å². The van der Waals surface area contributed by atoms with Gasteiger partial charge >= 0.3 is 5.97 Å². The van der Waals surface area contributed by atoms with Gasteiger partial charge in [0.05, 0.1) is 24.4 Å². The van der Waals surface area contributed by atoms with Gasteiger partial charge in [-0.05, 0) is 34.8 Å². The van der Waals surface area contributed by atoms with E-state index < -0.39 is 28.8 Å². The van der Waals surface area contributed by atoms with Gasteiger partial charge in [0.15, 0.2) is 0 Å². The first kappa shape index (κ1) is 29.2. The van der Waals surface area contributed by atoms with Crippen molar-refractivity contribution in [3.05, 3.63) is 120 Å². The Bertz CT molecular complexity index is 1070. The van der Waals surface area contributed by atoms with E-state index in [9.17, 15) is 14.7 Å². The standard InChI is InChI=1S/C32H37NO4S/c1-24(2)30(31(36)37-3)33-29(35)23-28(34)21-13-14-22-38-32(25-15-7-4-8-16-25,26-17-9-5-10-18-26)27-19-11-6-12-20-27/h4-13,15-21,24,28,30,34H,14,22-23H2,1-3H3,(H,33,35)/b21-13+/t28?,30-/m1/s1. The summed E-state index contributed by atoms with van der Waals surface area (Å²) in [6, 6.07) is 30.8. The fourth-order valence-corrected chi connectivity index (χ4v) is 5.89. The van der Waals surface area contributed by atoms with Crippen molar-refractivity contribution in [1.82, 2.24) is 5.32 Å². The molecule has 6 heteroatoms. The van der Waals surface area contributed by atoms with Crippen molar-refractivity contribution < 1.29 is 19.4 Å². The minimum Gasteiger partial charge on any atom is -0.467 e. The fraction of sp³-hybridized carbons (Fsp3) is 0.312. The molecule has 0 saturated carbocycles. The molecule has 0 fully saturated rings. The van der Waals surface area contributed by atoms with Crippen LogP contribution in [0.1, 0.15) is 43.4 Å². The van der Waals surface area contributed by atoms with E-state index in [1.807, 2.05) is 49.9 Å². The Kier molecular flexibility index (Phi) is 11.2. The van der Waals surface area contributed by atoms with Gasteiger partial charge in [0.1, 0.15) is 6.04 Å². The number of hydrogen-bond donors (Lipinski definition) is 2. The summed E-state index contributed by atoms with van der Waals surface area (Å²) in [5.74, 6) is -0.201. The third-order valence-electron chi connectivity index (χ3n) is 6.34. The van der Waals surface area contributed by atoms with Crippen LogP contribution in [0.25, 0.3) is 0 Å². The lowest BCUT2D eigenvalue weighted by Gasteiger charge is -2.35. The second-order valence-electron chi connectivity index (χ2n) is 9.43. The van der Waals surface area contributed by atoms with Crippen LogP contribution < -0.4 is 5.32 Å². The molecular weight excluding hydrogens is 494 g/mol. The molecule has 38 heavy (non-hydrogen) atoms. The minimum absolute atomic E-state index is 0.116. The molecule has 0 radical (unpaired) electrons. The average Bonchev–Trinajstić information content (AvgIpc) is 2.94. The molecule has 0 saturated heterocycles. The maximum atomic E-state index is 12.4. The van der Waals surface area contributed by atoms with E-state index in [1.165, 1.54) is 23.8 Å². The van der Waals surface area contributed by atoms with E-state index in [1.54, 1.807) is 6.08 Å². The number of ether oxygens (including phenoxy) is 1. The van der Waals surface area contributed by atoms with Gasteiger partial charge < -0.3 is 15.2 Å². The van der Waals surface area contributed by atoms with Crippen LogP contribution in [-0.4, -0.2) is 42.0 Å². The molecule has 1 unspecified atom stereocenters. The molecule has 3 aromatic rings. The number of rotatable bonds is 13. The zero-order valence-corrected chi connectivity index (χ0v) is 23.1. The third kappa shape index (κ3) is 7.59. The Morgan fingerprint density at radius 1 is 0.895 bits per heavy atom. The smallest absolute Gasteiger partial charge is 0.328 e. The number of thioether (sulfide) groups is 1. The van der Waals surface area contributed by atoms with Crippen molar-refractivity contribution in [2.45, 2.75) is 43.6 Å². The van der Waals surface area contributed by atoms with E-state index in [0.29, 0.717) is 6.42 Å². The van der Waals surface area contributed by atoms with Crippen LogP contribution in [0.3, 0.4) is 0 Å². The molecular formula is C32H37NO4S. The molecule has 200 valence electrons. The Labute approximate surface area is 230 Å². The minimum atomic E-state index is -0.937. The molecule has 0 heterocycles. The van der Waals surface area contributed by atoms with Crippen molar-refractivity contribution in [1.29, 1.82) is 0 Å². The molecule has 0 aliphatic rings. The summed E-state index contributed by atoms with van der Waals surface area (Å²) in [7, 11) is 1.29. The highest BCUT2D eigenvalue weighted by molar-refractivity contribution is 8.00. The van der Waals surface area contributed by atoms with Crippen molar-refractivity contribution in [3.8, 4) is 0 Å². The molecule has 0 aliphatic carbocycles. The maximum Gasteiger partial charge on any atom is 0.328 e. The second-order valence-corrected chi connectivity index (χ2v) is 10.7. The Balaban J connectivity index is 1.70. The topological polar surface area (TPSA) is 75.6 Å². The lowest BCUT2D eigenvalue weighted by atomic mass is 9.84. The Hall–Kier alpha value is -3.35.